The highest BCUT2D eigenvalue weighted by Crippen LogP contribution is 2.25. The van der Waals surface area contributed by atoms with Gasteiger partial charge in [0, 0.05) is 16.9 Å². The molecule has 2 aromatic carbocycles. The quantitative estimate of drug-likeness (QED) is 0.318. The number of hydrogen-bond donors (Lipinski definition) is 1. The summed E-state index contributed by atoms with van der Waals surface area (Å²) in [5, 5.41) is 12.7. The number of methoxy groups -OCH3 is 1. The number of hydrogen-bond acceptors (Lipinski definition) is 8. The molecule has 0 spiro atoms. The third kappa shape index (κ3) is 5.44. The molecule has 2 heterocycles. The molecular formula is C22H19N5O2S2. The fraction of sp³-hybridized carbons (Fsp3) is 0.136. The van der Waals surface area contributed by atoms with Gasteiger partial charge >= 0.3 is 0 Å². The Morgan fingerprint density at radius 3 is 2.58 bits per heavy atom. The fourth-order valence-corrected chi connectivity index (χ4v) is 4.38. The molecule has 0 atom stereocenters. The fourth-order valence-electron chi connectivity index (χ4n) is 2.75. The number of benzene rings is 2. The number of aryl methyl sites for hydroxylation is 1. The summed E-state index contributed by atoms with van der Waals surface area (Å²) >= 11 is 2.73. The van der Waals surface area contributed by atoms with Gasteiger partial charge in [0.2, 0.25) is 5.01 Å². The molecular weight excluding hydrogens is 430 g/mol. The number of nitrogens with one attached hydrogen (secondary N) is 1. The van der Waals surface area contributed by atoms with Crippen LogP contribution in [-0.2, 0) is 5.75 Å². The standard InChI is InChI=1S/C22H19N5O2S2/c1-14-12-18(15-6-4-3-5-7-15)25-22(23-14)30-13-19-26-27-21(31-19)20(28)24-16-8-10-17(29-2)11-9-16/h3-12H,13H2,1-2H3,(H,24,28). The summed E-state index contributed by atoms with van der Waals surface area (Å²) in [6.45, 7) is 1.95. The van der Waals surface area contributed by atoms with Gasteiger partial charge in [0.1, 0.15) is 10.8 Å². The second-order valence-electron chi connectivity index (χ2n) is 6.52. The maximum atomic E-state index is 12.4. The first-order chi connectivity index (χ1) is 15.1. The molecule has 0 saturated heterocycles. The van der Waals surface area contributed by atoms with Crippen LogP contribution in [-0.4, -0.2) is 33.2 Å². The van der Waals surface area contributed by atoms with Crippen LogP contribution in [0.3, 0.4) is 0 Å². The molecule has 2 aromatic heterocycles. The third-order valence-corrected chi connectivity index (χ3v) is 6.20. The molecule has 31 heavy (non-hydrogen) atoms. The van der Waals surface area contributed by atoms with Crippen molar-refractivity contribution in [1.29, 1.82) is 0 Å². The Kier molecular flexibility index (Phi) is 6.54. The molecule has 4 aromatic rings. The summed E-state index contributed by atoms with van der Waals surface area (Å²) in [4.78, 5) is 21.6. The first-order valence-electron chi connectivity index (χ1n) is 9.42. The Morgan fingerprint density at radius 2 is 1.84 bits per heavy atom. The summed E-state index contributed by atoms with van der Waals surface area (Å²) in [5.41, 5.74) is 3.49. The van der Waals surface area contributed by atoms with Crippen molar-refractivity contribution in [3.63, 3.8) is 0 Å². The van der Waals surface area contributed by atoms with Crippen molar-refractivity contribution >= 4 is 34.7 Å². The van der Waals surface area contributed by atoms with Crippen LogP contribution in [0, 0.1) is 6.92 Å². The lowest BCUT2D eigenvalue weighted by Crippen LogP contribution is -2.11. The van der Waals surface area contributed by atoms with E-state index in [0.717, 1.165) is 27.7 Å². The number of ether oxygens (including phenoxy) is 1. The summed E-state index contributed by atoms with van der Waals surface area (Å²) in [5.74, 6) is 0.963. The predicted molar refractivity (Wildman–Crippen MR) is 123 cm³/mol. The number of carbonyl (C=O) groups is 1. The average molecular weight is 450 g/mol. The molecule has 0 aliphatic heterocycles. The molecule has 0 aliphatic rings. The largest absolute Gasteiger partial charge is 0.497 e. The maximum absolute atomic E-state index is 12.4. The number of carbonyl (C=O) groups excluding carboxylic acids is 1. The minimum absolute atomic E-state index is 0.294. The van der Waals surface area contributed by atoms with Crippen molar-refractivity contribution in [2.75, 3.05) is 12.4 Å². The highest BCUT2D eigenvalue weighted by Gasteiger charge is 2.14. The van der Waals surface area contributed by atoms with Gasteiger partial charge in [-0.3, -0.25) is 4.79 Å². The molecule has 0 aliphatic carbocycles. The van der Waals surface area contributed by atoms with Crippen molar-refractivity contribution < 1.29 is 9.53 Å². The van der Waals surface area contributed by atoms with E-state index in [9.17, 15) is 4.79 Å². The molecule has 4 rings (SSSR count). The molecule has 9 heteroatoms. The van der Waals surface area contributed by atoms with Crippen LogP contribution in [0.15, 0.2) is 65.8 Å². The second kappa shape index (κ2) is 9.67. The van der Waals surface area contributed by atoms with Gasteiger partial charge < -0.3 is 10.1 Å². The van der Waals surface area contributed by atoms with Gasteiger partial charge in [-0.2, -0.15) is 0 Å². The highest BCUT2D eigenvalue weighted by atomic mass is 32.2. The molecule has 0 bridgehead atoms. The van der Waals surface area contributed by atoms with Gasteiger partial charge in [-0.25, -0.2) is 9.97 Å². The lowest BCUT2D eigenvalue weighted by Gasteiger charge is -2.05. The summed E-state index contributed by atoms with van der Waals surface area (Å²) in [6, 6.07) is 19.1. The zero-order chi connectivity index (χ0) is 21.6. The van der Waals surface area contributed by atoms with Gasteiger partial charge in [-0.05, 0) is 37.3 Å². The monoisotopic (exact) mass is 449 g/mol. The van der Waals surface area contributed by atoms with Gasteiger partial charge in [0.05, 0.1) is 18.6 Å². The van der Waals surface area contributed by atoms with Crippen LogP contribution >= 0.6 is 23.1 Å². The van der Waals surface area contributed by atoms with E-state index in [4.69, 9.17) is 4.74 Å². The van der Waals surface area contributed by atoms with Gasteiger partial charge in [0.15, 0.2) is 5.16 Å². The van der Waals surface area contributed by atoms with Gasteiger partial charge in [-0.15, -0.1) is 10.2 Å². The average Bonchev–Trinajstić information content (AvgIpc) is 3.28. The highest BCUT2D eigenvalue weighted by molar-refractivity contribution is 7.98. The van der Waals surface area contributed by atoms with Crippen molar-refractivity contribution in [1.82, 2.24) is 20.2 Å². The lowest BCUT2D eigenvalue weighted by atomic mass is 10.1. The first kappa shape index (κ1) is 21.0. The zero-order valence-electron chi connectivity index (χ0n) is 16.9. The zero-order valence-corrected chi connectivity index (χ0v) is 18.5. The van der Waals surface area contributed by atoms with Crippen LogP contribution in [0.5, 0.6) is 5.75 Å². The van der Waals surface area contributed by atoms with Gasteiger partial charge in [0.25, 0.3) is 5.91 Å². The van der Waals surface area contributed by atoms with E-state index in [1.54, 1.807) is 31.4 Å². The Bertz CT molecular complexity index is 1180. The van der Waals surface area contributed by atoms with Crippen LogP contribution < -0.4 is 10.1 Å². The SMILES string of the molecule is COc1ccc(NC(=O)c2nnc(CSc3nc(C)cc(-c4ccccc4)n3)s2)cc1. The molecule has 156 valence electrons. The molecule has 0 unspecified atom stereocenters. The minimum atomic E-state index is -0.294. The topological polar surface area (TPSA) is 89.9 Å². The summed E-state index contributed by atoms with van der Waals surface area (Å²) < 4.78 is 5.12. The van der Waals surface area contributed by atoms with Crippen LogP contribution in [0.1, 0.15) is 20.5 Å². The Morgan fingerprint density at radius 1 is 1.06 bits per heavy atom. The number of anilines is 1. The molecule has 0 saturated carbocycles. The number of aromatic nitrogens is 4. The normalized spacial score (nSPS) is 10.6. The molecule has 0 radical (unpaired) electrons. The number of nitrogens with zero attached hydrogens (tertiary/aromatic N) is 4. The van der Waals surface area contributed by atoms with E-state index < -0.39 is 0 Å². The van der Waals surface area contributed by atoms with Crippen molar-refractivity contribution in [3.8, 4) is 17.0 Å². The molecule has 1 N–H and O–H groups in total. The molecule has 7 nitrogen and oxygen atoms in total. The third-order valence-electron chi connectivity index (χ3n) is 4.24. The Labute approximate surface area is 187 Å². The number of amides is 1. The Balaban J connectivity index is 1.40. The van der Waals surface area contributed by atoms with Crippen molar-refractivity contribution in [2.45, 2.75) is 17.8 Å². The predicted octanol–water partition coefficient (Wildman–Crippen LogP) is 4.86. The summed E-state index contributed by atoms with van der Waals surface area (Å²) in [6.07, 6.45) is 0. The molecule has 0 fully saturated rings. The van der Waals surface area contributed by atoms with E-state index in [0.29, 0.717) is 21.6 Å². The first-order valence-corrected chi connectivity index (χ1v) is 11.2. The van der Waals surface area contributed by atoms with Gasteiger partial charge in [-0.1, -0.05) is 53.4 Å². The van der Waals surface area contributed by atoms with E-state index >= 15 is 0 Å². The second-order valence-corrected chi connectivity index (χ2v) is 8.52. The van der Waals surface area contributed by atoms with E-state index in [-0.39, 0.29) is 5.91 Å². The van der Waals surface area contributed by atoms with E-state index in [2.05, 4.69) is 25.5 Å². The van der Waals surface area contributed by atoms with Crippen LogP contribution in [0.2, 0.25) is 0 Å². The minimum Gasteiger partial charge on any atom is -0.497 e. The van der Waals surface area contributed by atoms with E-state index in [1.165, 1.54) is 23.1 Å². The van der Waals surface area contributed by atoms with Crippen LogP contribution in [0.25, 0.3) is 11.3 Å². The van der Waals surface area contributed by atoms with E-state index in [1.807, 2.05) is 43.3 Å². The number of rotatable bonds is 7. The van der Waals surface area contributed by atoms with Crippen LogP contribution in [0.4, 0.5) is 5.69 Å². The molecule has 1 amide bonds. The lowest BCUT2D eigenvalue weighted by molar-refractivity contribution is 0.102. The Hall–Kier alpha value is -3.30. The number of thioether (sulfide) groups is 1. The van der Waals surface area contributed by atoms with Crippen molar-refractivity contribution in [3.05, 3.63) is 76.4 Å². The smallest absolute Gasteiger partial charge is 0.286 e. The summed E-state index contributed by atoms with van der Waals surface area (Å²) in [7, 11) is 1.60. The van der Waals surface area contributed by atoms with Crippen molar-refractivity contribution in [2.24, 2.45) is 0 Å². The maximum Gasteiger partial charge on any atom is 0.286 e.